The van der Waals surface area contributed by atoms with Crippen LogP contribution in [0.5, 0.6) is 0 Å². The third-order valence-electron chi connectivity index (χ3n) is 3.82. The fraction of sp³-hybridized carbons (Fsp3) is 0.353. The van der Waals surface area contributed by atoms with E-state index in [1.165, 1.54) is 17.1 Å². The number of nitrogens with zero attached hydrogens (tertiary/aromatic N) is 7. The summed E-state index contributed by atoms with van der Waals surface area (Å²) in [5.41, 5.74) is 1.72. The van der Waals surface area contributed by atoms with Gasteiger partial charge in [-0.1, -0.05) is 0 Å². The van der Waals surface area contributed by atoms with Crippen molar-refractivity contribution in [2.45, 2.75) is 20.4 Å². The average Bonchev–Trinajstić information content (AvgIpc) is 2.95. The maximum atomic E-state index is 12.1. The highest BCUT2D eigenvalue weighted by atomic mass is 16.1. The lowest BCUT2D eigenvalue weighted by Gasteiger charge is -2.13. The Bertz CT molecular complexity index is 959. The summed E-state index contributed by atoms with van der Waals surface area (Å²) in [6, 6.07) is 7.01. The molecule has 0 amide bonds. The van der Waals surface area contributed by atoms with E-state index in [0.717, 1.165) is 17.2 Å². The first kappa shape index (κ1) is 17.6. The average molecular weight is 354 g/mol. The van der Waals surface area contributed by atoms with E-state index < -0.39 is 0 Å². The molecule has 0 saturated heterocycles. The van der Waals surface area contributed by atoms with E-state index in [9.17, 15) is 4.79 Å². The summed E-state index contributed by atoms with van der Waals surface area (Å²) in [5.74, 6) is 2.13. The number of nitrogens with one attached hydrogen (secondary N) is 1. The van der Waals surface area contributed by atoms with Gasteiger partial charge in [0.2, 0.25) is 0 Å². The van der Waals surface area contributed by atoms with Crippen molar-refractivity contribution in [1.29, 1.82) is 0 Å². The van der Waals surface area contributed by atoms with E-state index in [2.05, 4.69) is 25.5 Å². The van der Waals surface area contributed by atoms with Gasteiger partial charge in [-0.3, -0.25) is 4.79 Å². The van der Waals surface area contributed by atoms with Gasteiger partial charge in [0.1, 0.15) is 18.0 Å². The SMILES string of the molecule is Cc1cc(C)n(-c2ccc(=O)n(CCNc3cc(N(C)C)ncn3)n2)n1. The zero-order valence-corrected chi connectivity index (χ0v) is 15.3. The number of hydrogen-bond donors (Lipinski definition) is 1. The second-order valence-corrected chi connectivity index (χ2v) is 6.17. The molecule has 136 valence electrons. The van der Waals surface area contributed by atoms with Crippen molar-refractivity contribution < 1.29 is 0 Å². The number of aryl methyl sites for hydroxylation is 2. The molecule has 0 atom stereocenters. The van der Waals surface area contributed by atoms with Crippen LogP contribution in [-0.2, 0) is 6.54 Å². The van der Waals surface area contributed by atoms with Crippen molar-refractivity contribution >= 4 is 11.6 Å². The molecule has 0 radical (unpaired) electrons. The third kappa shape index (κ3) is 3.88. The van der Waals surface area contributed by atoms with Crippen LogP contribution in [-0.4, -0.2) is 50.2 Å². The van der Waals surface area contributed by atoms with Crippen molar-refractivity contribution in [2.75, 3.05) is 30.9 Å². The largest absolute Gasteiger partial charge is 0.368 e. The Hall–Kier alpha value is -3.23. The summed E-state index contributed by atoms with van der Waals surface area (Å²) in [6.45, 7) is 4.80. The van der Waals surface area contributed by atoms with Crippen LogP contribution in [0.2, 0.25) is 0 Å². The summed E-state index contributed by atoms with van der Waals surface area (Å²) in [6.07, 6.45) is 1.51. The van der Waals surface area contributed by atoms with E-state index in [-0.39, 0.29) is 5.56 Å². The number of anilines is 2. The second kappa shape index (κ2) is 7.34. The first-order chi connectivity index (χ1) is 12.4. The van der Waals surface area contributed by atoms with Gasteiger partial charge in [-0.15, -0.1) is 5.10 Å². The maximum absolute atomic E-state index is 12.1. The molecule has 26 heavy (non-hydrogen) atoms. The minimum absolute atomic E-state index is 0.159. The number of hydrogen-bond acceptors (Lipinski definition) is 7. The molecule has 0 unspecified atom stereocenters. The standard InChI is InChI=1S/C17H22N8O/c1-12-9-13(2)25(21-12)15-5-6-17(26)24(22-15)8-7-18-14-10-16(23(3)4)20-11-19-14/h5-6,9-11H,7-8H2,1-4H3,(H,18,19,20). The van der Waals surface area contributed by atoms with Gasteiger partial charge in [0.15, 0.2) is 5.82 Å². The lowest BCUT2D eigenvalue weighted by molar-refractivity contribution is 0.581. The van der Waals surface area contributed by atoms with Gasteiger partial charge in [0, 0.05) is 38.5 Å². The molecule has 9 nitrogen and oxygen atoms in total. The summed E-state index contributed by atoms with van der Waals surface area (Å²) in [5, 5.41) is 12.0. The molecule has 0 aliphatic rings. The Balaban J connectivity index is 1.72. The van der Waals surface area contributed by atoms with Crippen LogP contribution in [0.1, 0.15) is 11.4 Å². The first-order valence-corrected chi connectivity index (χ1v) is 8.29. The van der Waals surface area contributed by atoms with E-state index in [1.807, 2.05) is 45.0 Å². The summed E-state index contributed by atoms with van der Waals surface area (Å²) < 4.78 is 3.15. The van der Waals surface area contributed by atoms with Crippen LogP contribution in [0, 0.1) is 13.8 Å². The normalized spacial score (nSPS) is 10.8. The van der Waals surface area contributed by atoms with Gasteiger partial charge in [-0.25, -0.2) is 19.3 Å². The van der Waals surface area contributed by atoms with E-state index >= 15 is 0 Å². The molecule has 3 rings (SSSR count). The number of aromatic nitrogens is 6. The lowest BCUT2D eigenvalue weighted by Crippen LogP contribution is -2.27. The minimum Gasteiger partial charge on any atom is -0.368 e. The highest BCUT2D eigenvalue weighted by molar-refractivity contribution is 5.47. The van der Waals surface area contributed by atoms with Gasteiger partial charge in [-0.05, 0) is 26.0 Å². The maximum Gasteiger partial charge on any atom is 0.266 e. The molecule has 0 aromatic carbocycles. The smallest absolute Gasteiger partial charge is 0.266 e. The van der Waals surface area contributed by atoms with Crippen molar-refractivity contribution in [3.63, 3.8) is 0 Å². The summed E-state index contributed by atoms with van der Waals surface area (Å²) in [4.78, 5) is 22.3. The predicted octanol–water partition coefficient (Wildman–Crippen LogP) is 1.01. The quantitative estimate of drug-likeness (QED) is 0.706. The lowest BCUT2D eigenvalue weighted by atomic mass is 10.4. The minimum atomic E-state index is -0.159. The highest BCUT2D eigenvalue weighted by Gasteiger charge is 2.07. The van der Waals surface area contributed by atoms with Crippen molar-refractivity contribution in [1.82, 2.24) is 29.5 Å². The summed E-state index contributed by atoms with van der Waals surface area (Å²) in [7, 11) is 3.83. The highest BCUT2D eigenvalue weighted by Crippen LogP contribution is 2.11. The Morgan fingerprint density at radius 2 is 1.92 bits per heavy atom. The Morgan fingerprint density at radius 3 is 2.62 bits per heavy atom. The van der Waals surface area contributed by atoms with E-state index in [1.54, 1.807) is 10.7 Å². The molecular formula is C17H22N8O. The summed E-state index contributed by atoms with van der Waals surface area (Å²) >= 11 is 0. The van der Waals surface area contributed by atoms with Gasteiger partial charge in [0.25, 0.3) is 5.56 Å². The monoisotopic (exact) mass is 354 g/mol. The van der Waals surface area contributed by atoms with Crippen molar-refractivity contribution in [2.24, 2.45) is 0 Å². The van der Waals surface area contributed by atoms with Crippen LogP contribution in [0.25, 0.3) is 5.82 Å². The molecule has 0 fully saturated rings. The molecule has 0 bridgehead atoms. The first-order valence-electron chi connectivity index (χ1n) is 8.29. The molecule has 3 heterocycles. The van der Waals surface area contributed by atoms with Crippen LogP contribution < -0.4 is 15.8 Å². The molecule has 0 spiro atoms. The van der Waals surface area contributed by atoms with Gasteiger partial charge in [-0.2, -0.15) is 5.10 Å². The molecule has 3 aromatic rings. The van der Waals surface area contributed by atoms with E-state index in [0.29, 0.717) is 24.7 Å². The third-order valence-corrected chi connectivity index (χ3v) is 3.82. The predicted molar refractivity (Wildman–Crippen MR) is 99.9 cm³/mol. The second-order valence-electron chi connectivity index (χ2n) is 6.17. The van der Waals surface area contributed by atoms with Gasteiger partial charge in [0.05, 0.1) is 12.2 Å². The molecular weight excluding hydrogens is 332 g/mol. The van der Waals surface area contributed by atoms with Gasteiger partial charge < -0.3 is 10.2 Å². The Morgan fingerprint density at radius 1 is 1.12 bits per heavy atom. The number of rotatable bonds is 6. The Kier molecular flexibility index (Phi) is 4.97. The molecule has 0 saturated carbocycles. The zero-order chi connectivity index (χ0) is 18.7. The molecule has 0 aliphatic heterocycles. The molecule has 1 N–H and O–H groups in total. The zero-order valence-electron chi connectivity index (χ0n) is 15.3. The van der Waals surface area contributed by atoms with Crippen LogP contribution >= 0.6 is 0 Å². The Labute approximate surface area is 151 Å². The van der Waals surface area contributed by atoms with Crippen molar-refractivity contribution in [3.05, 3.63) is 52.3 Å². The fourth-order valence-corrected chi connectivity index (χ4v) is 2.55. The van der Waals surface area contributed by atoms with Crippen LogP contribution in [0.15, 0.2) is 35.4 Å². The molecule has 0 aliphatic carbocycles. The van der Waals surface area contributed by atoms with Gasteiger partial charge >= 0.3 is 0 Å². The fourth-order valence-electron chi connectivity index (χ4n) is 2.55. The van der Waals surface area contributed by atoms with Crippen LogP contribution in [0.3, 0.4) is 0 Å². The molecule has 3 aromatic heterocycles. The van der Waals surface area contributed by atoms with Crippen LogP contribution in [0.4, 0.5) is 11.6 Å². The van der Waals surface area contributed by atoms with Crippen molar-refractivity contribution in [3.8, 4) is 5.82 Å². The van der Waals surface area contributed by atoms with E-state index in [4.69, 9.17) is 0 Å². The topological polar surface area (TPSA) is 93.8 Å². The molecule has 9 heteroatoms.